The molecule has 4 nitrogen and oxygen atoms in total. The Kier molecular flexibility index (Phi) is 4.65. The smallest absolute Gasteiger partial charge is 0.179 e. The lowest BCUT2D eigenvalue weighted by Crippen LogP contribution is -2.20. The standard InChI is InChI=1S/C17H22O4S2/c18-22(19)11-4-12-23(20,21)17(13-22)16-9-7-15(8-10-16)14-5-2-1-3-6-14/h4,7-10,12,14,17H,1-3,5-6,11,13H2. The van der Waals surface area contributed by atoms with Crippen molar-refractivity contribution in [1.82, 2.24) is 0 Å². The van der Waals surface area contributed by atoms with E-state index in [1.807, 2.05) is 12.1 Å². The van der Waals surface area contributed by atoms with Gasteiger partial charge < -0.3 is 0 Å². The van der Waals surface area contributed by atoms with Crippen LogP contribution >= 0.6 is 0 Å². The van der Waals surface area contributed by atoms with E-state index in [9.17, 15) is 16.8 Å². The molecule has 0 bridgehead atoms. The molecule has 1 aliphatic carbocycles. The third kappa shape index (κ3) is 3.86. The molecule has 3 rings (SSSR count). The number of hydrogen-bond acceptors (Lipinski definition) is 4. The van der Waals surface area contributed by atoms with Gasteiger partial charge in [0, 0.05) is 5.41 Å². The van der Waals surface area contributed by atoms with Gasteiger partial charge in [0.15, 0.2) is 19.7 Å². The molecule has 23 heavy (non-hydrogen) atoms. The van der Waals surface area contributed by atoms with Crippen LogP contribution in [0.4, 0.5) is 0 Å². The summed E-state index contributed by atoms with van der Waals surface area (Å²) in [5.74, 6) is 0.000682. The van der Waals surface area contributed by atoms with Gasteiger partial charge in [-0.05, 0) is 29.9 Å². The van der Waals surface area contributed by atoms with Crippen molar-refractivity contribution in [2.45, 2.75) is 43.3 Å². The minimum Gasteiger partial charge on any atom is -0.228 e. The monoisotopic (exact) mass is 354 g/mol. The number of sulfone groups is 2. The first kappa shape index (κ1) is 16.7. The highest BCUT2D eigenvalue weighted by Gasteiger charge is 2.32. The van der Waals surface area contributed by atoms with Crippen LogP contribution in [0.1, 0.15) is 54.4 Å². The Morgan fingerprint density at radius 1 is 0.826 bits per heavy atom. The van der Waals surface area contributed by atoms with Crippen molar-refractivity contribution in [3.8, 4) is 0 Å². The van der Waals surface area contributed by atoms with Crippen molar-refractivity contribution < 1.29 is 16.8 Å². The van der Waals surface area contributed by atoms with Gasteiger partial charge >= 0.3 is 0 Å². The second kappa shape index (κ2) is 6.40. The van der Waals surface area contributed by atoms with Gasteiger partial charge in [0.2, 0.25) is 0 Å². The Hall–Kier alpha value is -1.14. The fourth-order valence-electron chi connectivity index (χ4n) is 3.51. The molecule has 1 aromatic carbocycles. The van der Waals surface area contributed by atoms with Gasteiger partial charge in [-0.15, -0.1) is 0 Å². The van der Waals surface area contributed by atoms with Gasteiger partial charge in [-0.25, -0.2) is 16.8 Å². The topological polar surface area (TPSA) is 68.3 Å². The minimum absolute atomic E-state index is 0.205. The van der Waals surface area contributed by atoms with Gasteiger partial charge in [-0.1, -0.05) is 49.6 Å². The molecule has 1 saturated carbocycles. The first-order valence-electron chi connectivity index (χ1n) is 8.08. The predicted octanol–water partition coefficient (Wildman–Crippen LogP) is 3.13. The number of benzene rings is 1. The minimum atomic E-state index is -3.58. The van der Waals surface area contributed by atoms with Gasteiger partial charge in [-0.3, -0.25) is 0 Å². The first-order chi connectivity index (χ1) is 10.9. The summed E-state index contributed by atoms with van der Waals surface area (Å²) < 4.78 is 48.5. The highest BCUT2D eigenvalue weighted by Crippen LogP contribution is 2.34. The van der Waals surface area contributed by atoms with Crippen LogP contribution in [0.15, 0.2) is 35.7 Å². The molecule has 0 radical (unpaired) electrons. The maximum absolute atomic E-state index is 12.3. The van der Waals surface area contributed by atoms with Gasteiger partial charge in [-0.2, -0.15) is 0 Å². The molecule has 126 valence electrons. The lowest BCUT2D eigenvalue weighted by atomic mass is 9.84. The van der Waals surface area contributed by atoms with Crippen LogP contribution in [0, 0.1) is 0 Å². The van der Waals surface area contributed by atoms with Crippen molar-refractivity contribution in [2.24, 2.45) is 0 Å². The normalized spacial score (nSPS) is 27.4. The highest BCUT2D eigenvalue weighted by atomic mass is 32.2. The van der Waals surface area contributed by atoms with Crippen LogP contribution in [0.3, 0.4) is 0 Å². The molecule has 0 spiro atoms. The van der Waals surface area contributed by atoms with Crippen molar-refractivity contribution in [3.63, 3.8) is 0 Å². The van der Waals surface area contributed by atoms with Gasteiger partial charge in [0.05, 0.1) is 11.5 Å². The molecule has 0 N–H and O–H groups in total. The van der Waals surface area contributed by atoms with E-state index in [1.54, 1.807) is 12.1 Å². The Balaban J connectivity index is 1.89. The molecule has 0 amide bonds. The lowest BCUT2D eigenvalue weighted by Gasteiger charge is -2.22. The van der Waals surface area contributed by atoms with Gasteiger partial charge in [0.1, 0.15) is 5.25 Å². The summed E-state index contributed by atoms with van der Waals surface area (Å²) in [5.41, 5.74) is 1.80. The van der Waals surface area contributed by atoms with E-state index in [1.165, 1.54) is 43.7 Å². The van der Waals surface area contributed by atoms with Crippen LogP contribution in [0.5, 0.6) is 0 Å². The SMILES string of the molecule is O=S1(=O)CC=CS(=O)(=O)C(c2ccc(C3CCCCC3)cc2)C1. The Labute approximate surface area is 138 Å². The zero-order chi connectivity index (χ0) is 16.5. The summed E-state index contributed by atoms with van der Waals surface area (Å²) in [7, 11) is -6.97. The molecular weight excluding hydrogens is 332 g/mol. The molecule has 1 aliphatic heterocycles. The fraction of sp³-hybridized carbons (Fsp3) is 0.529. The Morgan fingerprint density at radius 3 is 2.09 bits per heavy atom. The Bertz CT molecular complexity index is 784. The third-order valence-corrected chi connectivity index (χ3v) is 8.38. The Morgan fingerprint density at radius 2 is 1.43 bits per heavy atom. The summed E-state index contributed by atoms with van der Waals surface area (Å²) in [6.07, 6.45) is 7.37. The van der Waals surface area contributed by atoms with E-state index in [2.05, 4.69) is 0 Å². The van der Waals surface area contributed by atoms with Gasteiger partial charge in [0.25, 0.3) is 0 Å². The molecule has 1 aromatic rings. The molecule has 0 aromatic heterocycles. The van der Waals surface area contributed by atoms with Crippen LogP contribution in [-0.4, -0.2) is 28.3 Å². The van der Waals surface area contributed by atoms with E-state index >= 15 is 0 Å². The van der Waals surface area contributed by atoms with Crippen molar-refractivity contribution in [2.75, 3.05) is 11.5 Å². The maximum Gasteiger partial charge on any atom is 0.179 e. The van der Waals surface area contributed by atoms with Crippen LogP contribution in [-0.2, 0) is 19.7 Å². The summed E-state index contributed by atoms with van der Waals surface area (Å²) in [6, 6.07) is 7.53. The second-order valence-corrected chi connectivity index (χ2v) is 10.7. The zero-order valence-corrected chi connectivity index (χ0v) is 14.7. The molecule has 1 unspecified atom stereocenters. The lowest BCUT2D eigenvalue weighted by molar-refractivity contribution is 0.443. The average Bonchev–Trinajstić information content (AvgIpc) is 2.64. The first-order valence-corrected chi connectivity index (χ1v) is 11.5. The summed E-state index contributed by atoms with van der Waals surface area (Å²) >= 11 is 0. The van der Waals surface area contributed by atoms with E-state index in [0.717, 1.165) is 5.41 Å². The quantitative estimate of drug-likeness (QED) is 0.818. The van der Waals surface area contributed by atoms with E-state index in [0.29, 0.717) is 11.5 Å². The molecular formula is C17H22O4S2. The molecule has 2 aliphatic rings. The summed E-state index contributed by atoms with van der Waals surface area (Å²) in [5, 5.41) is 0.0590. The highest BCUT2D eigenvalue weighted by molar-refractivity contribution is 7.97. The van der Waals surface area contributed by atoms with Crippen LogP contribution in [0.2, 0.25) is 0 Å². The van der Waals surface area contributed by atoms with Crippen LogP contribution < -0.4 is 0 Å². The number of rotatable bonds is 2. The molecule has 6 heteroatoms. The third-order valence-electron chi connectivity index (χ3n) is 4.82. The second-order valence-electron chi connectivity index (χ2n) is 6.53. The fourth-order valence-corrected chi connectivity index (χ4v) is 7.29. The average molecular weight is 354 g/mol. The van der Waals surface area contributed by atoms with Crippen molar-refractivity contribution in [1.29, 1.82) is 0 Å². The van der Waals surface area contributed by atoms with E-state index < -0.39 is 24.9 Å². The predicted molar refractivity (Wildman–Crippen MR) is 91.7 cm³/mol. The zero-order valence-electron chi connectivity index (χ0n) is 13.0. The van der Waals surface area contributed by atoms with Crippen molar-refractivity contribution in [3.05, 3.63) is 46.9 Å². The van der Waals surface area contributed by atoms with E-state index in [-0.39, 0.29) is 11.5 Å². The summed E-state index contributed by atoms with van der Waals surface area (Å²) in [4.78, 5) is 0. The molecule has 1 fully saturated rings. The molecule has 1 atom stereocenters. The maximum atomic E-state index is 12.3. The summed E-state index contributed by atoms with van der Waals surface area (Å²) in [6.45, 7) is 0. The molecule has 1 heterocycles. The van der Waals surface area contributed by atoms with E-state index in [4.69, 9.17) is 0 Å². The largest absolute Gasteiger partial charge is 0.228 e. The number of hydrogen-bond donors (Lipinski definition) is 0. The van der Waals surface area contributed by atoms with Crippen molar-refractivity contribution >= 4 is 19.7 Å². The molecule has 0 saturated heterocycles. The van der Waals surface area contributed by atoms with Crippen LogP contribution in [0.25, 0.3) is 0 Å².